The summed E-state index contributed by atoms with van der Waals surface area (Å²) < 4.78 is 0. The van der Waals surface area contributed by atoms with Gasteiger partial charge in [-0.1, -0.05) is 18.2 Å². The maximum atomic E-state index is 8.95. The molecule has 0 radical (unpaired) electrons. The zero-order valence-electron chi connectivity index (χ0n) is 7.04. The molecule has 1 rings (SSSR count). The molecule has 0 saturated heterocycles. The molecule has 0 aromatic heterocycles. The molecule has 0 spiro atoms. The zero-order chi connectivity index (χ0) is 8.97. The molecule has 12 heavy (non-hydrogen) atoms. The van der Waals surface area contributed by atoms with E-state index in [1.54, 1.807) is 7.05 Å². The predicted octanol–water partition coefficient (Wildman–Crippen LogP) is 0.713. The summed E-state index contributed by atoms with van der Waals surface area (Å²) in [6.07, 6.45) is 0. The van der Waals surface area contributed by atoms with Gasteiger partial charge in [0.25, 0.3) is 0 Å². The normalized spacial score (nSPS) is 9.92. The Kier molecular flexibility index (Phi) is 3.08. The number of rotatable bonds is 3. The fourth-order valence-corrected chi connectivity index (χ4v) is 1.24. The van der Waals surface area contributed by atoms with Gasteiger partial charge in [-0.2, -0.15) is 0 Å². The van der Waals surface area contributed by atoms with Gasteiger partial charge >= 0.3 is 0 Å². The molecule has 0 amide bonds. The molecule has 0 unspecified atom stereocenters. The van der Waals surface area contributed by atoms with Gasteiger partial charge < -0.3 is 15.5 Å². The average Bonchev–Trinajstić information content (AvgIpc) is 2.16. The van der Waals surface area contributed by atoms with Gasteiger partial charge in [-0.05, 0) is 0 Å². The Labute approximate surface area is 71.7 Å². The van der Waals surface area contributed by atoms with E-state index in [0.29, 0.717) is 0 Å². The summed E-state index contributed by atoms with van der Waals surface area (Å²) in [7, 11) is 1.77. The minimum absolute atomic E-state index is 0.00991. The molecule has 0 heterocycles. The standard InChI is InChI=1S/C9H13NO2/c1-10-9-7(5-11)3-2-4-8(9)6-12/h2-4,10-12H,5-6H2,1H3. The van der Waals surface area contributed by atoms with Crippen LogP contribution in [0.2, 0.25) is 0 Å². The summed E-state index contributed by atoms with van der Waals surface area (Å²) in [5.41, 5.74) is 2.44. The van der Waals surface area contributed by atoms with Crippen molar-refractivity contribution in [1.29, 1.82) is 0 Å². The van der Waals surface area contributed by atoms with E-state index in [9.17, 15) is 0 Å². The third-order valence-corrected chi connectivity index (χ3v) is 1.83. The second kappa shape index (κ2) is 4.09. The molecule has 0 saturated carbocycles. The van der Waals surface area contributed by atoms with E-state index in [-0.39, 0.29) is 13.2 Å². The molecule has 0 fully saturated rings. The molecule has 1 aromatic rings. The van der Waals surface area contributed by atoms with Gasteiger partial charge in [0.05, 0.1) is 13.2 Å². The Morgan fingerprint density at radius 2 is 1.67 bits per heavy atom. The van der Waals surface area contributed by atoms with E-state index in [4.69, 9.17) is 10.2 Å². The van der Waals surface area contributed by atoms with Crippen molar-refractivity contribution in [3.8, 4) is 0 Å². The van der Waals surface area contributed by atoms with Crippen molar-refractivity contribution in [2.45, 2.75) is 13.2 Å². The van der Waals surface area contributed by atoms with Crippen LogP contribution in [-0.4, -0.2) is 17.3 Å². The first kappa shape index (κ1) is 9.03. The van der Waals surface area contributed by atoms with Gasteiger partial charge in [0, 0.05) is 23.9 Å². The SMILES string of the molecule is CNc1c(CO)cccc1CO. The van der Waals surface area contributed by atoms with Gasteiger partial charge in [0.2, 0.25) is 0 Å². The minimum Gasteiger partial charge on any atom is -0.392 e. The third kappa shape index (κ3) is 1.57. The first-order valence-corrected chi connectivity index (χ1v) is 3.83. The highest BCUT2D eigenvalue weighted by atomic mass is 16.3. The molecule has 66 valence electrons. The second-order valence-electron chi connectivity index (χ2n) is 2.52. The molecule has 0 bridgehead atoms. The third-order valence-electron chi connectivity index (χ3n) is 1.83. The zero-order valence-corrected chi connectivity index (χ0v) is 7.04. The van der Waals surface area contributed by atoms with Gasteiger partial charge in [-0.3, -0.25) is 0 Å². The van der Waals surface area contributed by atoms with Crippen LogP contribution in [0.5, 0.6) is 0 Å². The van der Waals surface area contributed by atoms with E-state index in [1.807, 2.05) is 18.2 Å². The van der Waals surface area contributed by atoms with Crippen molar-refractivity contribution in [2.24, 2.45) is 0 Å². The fourth-order valence-electron chi connectivity index (χ4n) is 1.24. The van der Waals surface area contributed by atoms with Crippen LogP contribution < -0.4 is 5.32 Å². The number of aliphatic hydroxyl groups is 2. The number of anilines is 1. The van der Waals surface area contributed by atoms with Crippen molar-refractivity contribution < 1.29 is 10.2 Å². The molecule has 3 heteroatoms. The van der Waals surface area contributed by atoms with Crippen LogP contribution in [0.1, 0.15) is 11.1 Å². The van der Waals surface area contributed by atoms with Gasteiger partial charge in [0.1, 0.15) is 0 Å². The molecule has 3 nitrogen and oxygen atoms in total. The van der Waals surface area contributed by atoms with Crippen LogP contribution in [0.15, 0.2) is 18.2 Å². The quantitative estimate of drug-likeness (QED) is 0.621. The van der Waals surface area contributed by atoms with Crippen LogP contribution in [-0.2, 0) is 13.2 Å². The van der Waals surface area contributed by atoms with E-state index in [0.717, 1.165) is 16.8 Å². The van der Waals surface area contributed by atoms with Gasteiger partial charge in [-0.25, -0.2) is 0 Å². The summed E-state index contributed by atoms with van der Waals surface area (Å²) in [4.78, 5) is 0. The lowest BCUT2D eigenvalue weighted by atomic mass is 10.1. The van der Waals surface area contributed by atoms with Crippen LogP contribution in [0, 0.1) is 0 Å². The Balaban J connectivity index is 3.13. The summed E-state index contributed by atoms with van der Waals surface area (Å²) in [5, 5.41) is 20.8. The van der Waals surface area contributed by atoms with E-state index in [1.165, 1.54) is 0 Å². The molecule has 0 atom stereocenters. The number of benzene rings is 1. The average molecular weight is 167 g/mol. The number of aliphatic hydroxyl groups excluding tert-OH is 2. The molecule has 0 aliphatic rings. The number of para-hydroxylation sites is 1. The van der Waals surface area contributed by atoms with E-state index >= 15 is 0 Å². The Hall–Kier alpha value is -1.06. The monoisotopic (exact) mass is 167 g/mol. The van der Waals surface area contributed by atoms with Gasteiger partial charge in [-0.15, -0.1) is 0 Å². The summed E-state index contributed by atoms with van der Waals surface area (Å²) in [5.74, 6) is 0. The Morgan fingerprint density at radius 1 is 1.17 bits per heavy atom. The largest absolute Gasteiger partial charge is 0.392 e. The predicted molar refractivity (Wildman–Crippen MR) is 47.8 cm³/mol. The van der Waals surface area contributed by atoms with Crippen LogP contribution in [0.25, 0.3) is 0 Å². The topological polar surface area (TPSA) is 52.5 Å². The Bertz CT molecular complexity index is 238. The highest BCUT2D eigenvalue weighted by Crippen LogP contribution is 2.20. The molecule has 3 N–H and O–H groups in total. The van der Waals surface area contributed by atoms with Crippen LogP contribution in [0.3, 0.4) is 0 Å². The number of hydrogen-bond donors (Lipinski definition) is 3. The number of nitrogens with one attached hydrogen (secondary N) is 1. The molecule has 1 aromatic carbocycles. The number of hydrogen-bond acceptors (Lipinski definition) is 3. The van der Waals surface area contributed by atoms with Crippen LogP contribution >= 0.6 is 0 Å². The maximum Gasteiger partial charge on any atom is 0.0702 e. The van der Waals surface area contributed by atoms with Crippen molar-refractivity contribution in [1.82, 2.24) is 0 Å². The van der Waals surface area contributed by atoms with E-state index in [2.05, 4.69) is 5.32 Å². The lowest BCUT2D eigenvalue weighted by Crippen LogP contribution is -2.00. The lowest BCUT2D eigenvalue weighted by Gasteiger charge is -2.10. The minimum atomic E-state index is -0.00991. The smallest absolute Gasteiger partial charge is 0.0702 e. The van der Waals surface area contributed by atoms with Gasteiger partial charge in [0.15, 0.2) is 0 Å². The van der Waals surface area contributed by atoms with Crippen molar-refractivity contribution in [3.05, 3.63) is 29.3 Å². The summed E-state index contributed by atoms with van der Waals surface area (Å²) >= 11 is 0. The molecule has 0 aliphatic heterocycles. The van der Waals surface area contributed by atoms with Crippen LogP contribution in [0.4, 0.5) is 5.69 Å². The highest BCUT2D eigenvalue weighted by molar-refractivity contribution is 5.56. The first-order valence-electron chi connectivity index (χ1n) is 3.83. The molecule has 0 aliphatic carbocycles. The summed E-state index contributed by atoms with van der Waals surface area (Å²) in [6, 6.07) is 5.47. The first-order chi connectivity index (χ1) is 5.83. The fraction of sp³-hybridized carbons (Fsp3) is 0.333. The maximum absolute atomic E-state index is 8.95. The Morgan fingerprint density at radius 3 is 2.00 bits per heavy atom. The van der Waals surface area contributed by atoms with Crippen molar-refractivity contribution in [3.63, 3.8) is 0 Å². The van der Waals surface area contributed by atoms with Crippen molar-refractivity contribution in [2.75, 3.05) is 12.4 Å². The van der Waals surface area contributed by atoms with Crippen molar-refractivity contribution >= 4 is 5.69 Å². The highest BCUT2D eigenvalue weighted by Gasteiger charge is 2.03. The van der Waals surface area contributed by atoms with E-state index < -0.39 is 0 Å². The molecular formula is C9H13NO2. The molecular weight excluding hydrogens is 154 g/mol. The second-order valence-corrected chi connectivity index (χ2v) is 2.52. The lowest BCUT2D eigenvalue weighted by molar-refractivity contribution is 0.276. The summed E-state index contributed by atoms with van der Waals surface area (Å²) in [6.45, 7) is -0.0198.